The summed E-state index contributed by atoms with van der Waals surface area (Å²) in [5.41, 5.74) is 1.23. The normalized spacial score (nSPS) is 17.8. The molecule has 4 rings (SSSR count). The molecule has 2 aliphatic heterocycles. The predicted octanol–water partition coefficient (Wildman–Crippen LogP) is 4.69. The van der Waals surface area contributed by atoms with Crippen LogP contribution in [0.2, 0.25) is 0 Å². The van der Waals surface area contributed by atoms with Gasteiger partial charge in [0.25, 0.3) is 5.70 Å². The van der Waals surface area contributed by atoms with Crippen molar-refractivity contribution in [1.29, 1.82) is 0 Å². The molecule has 0 saturated heterocycles. The van der Waals surface area contributed by atoms with Gasteiger partial charge in [0, 0.05) is 21.7 Å². The average Bonchev–Trinajstić information content (AvgIpc) is 3.01. The molecule has 0 bridgehead atoms. The van der Waals surface area contributed by atoms with Gasteiger partial charge in [0.05, 0.1) is 9.40 Å². The molecule has 1 atom stereocenters. The Morgan fingerprint density at radius 2 is 1.92 bits per heavy atom. The van der Waals surface area contributed by atoms with Gasteiger partial charge in [-0.25, -0.2) is 0 Å². The lowest BCUT2D eigenvalue weighted by atomic mass is 10.0. The highest BCUT2D eigenvalue weighted by Crippen LogP contribution is 2.44. The van der Waals surface area contributed by atoms with Crippen molar-refractivity contribution in [3.8, 4) is 17.2 Å². The maximum Gasteiger partial charge on any atom is 0.291 e. The van der Waals surface area contributed by atoms with Crippen molar-refractivity contribution >= 4 is 37.9 Å². The van der Waals surface area contributed by atoms with E-state index in [2.05, 4.69) is 31.9 Å². The van der Waals surface area contributed by atoms with Crippen molar-refractivity contribution < 1.29 is 19.1 Å². The van der Waals surface area contributed by atoms with Crippen LogP contribution in [-0.4, -0.2) is 11.7 Å². The SMILES string of the molecule is O=[N+]([O-])C1=Cc2cc(Br)cc(Br)c2O[C@H]1c1ccc2c(c1)OCO2. The third-order valence-electron chi connectivity index (χ3n) is 3.76. The second-order valence-corrected chi connectivity index (χ2v) is 7.01. The summed E-state index contributed by atoms with van der Waals surface area (Å²) < 4.78 is 18.1. The number of nitrogens with zero attached hydrogens (tertiary/aromatic N) is 1. The Morgan fingerprint density at radius 3 is 2.71 bits per heavy atom. The molecule has 0 saturated carbocycles. The Labute approximate surface area is 153 Å². The quantitative estimate of drug-likeness (QED) is 0.486. The molecule has 0 aliphatic carbocycles. The molecule has 2 heterocycles. The smallest absolute Gasteiger partial charge is 0.291 e. The fourth-order valence-electron chi connectivity index (χ4n) is 2.69. The van der Waals surface area contributed by atoms with Gasteiger partial charge in [-0.1, -0.05) is 22.0 Å². The Morgan fingerprint density at radius 1 is 1.12 bits per heavy atom. The molecule has 0 fully saturated rings. The zero-order valence-corrected chi connectivity index (χ0v) is 15.2. The minimum Gasteiger partial charge on any atom is -0.473 e. The largest absolute Gasteiger partial charge is 0.473 e. The van der Waals surface area contributed by atoms with Crippen molar-refractivity contribution in [3.63, 3.8) is 0 Å². The van der Waals surface area contributed by atoms with Gasteiger partial charge < -0.3 is 14.2 Å². The number of benzene rings is 2. The Hall–Kier alpha value is -2.06. The average molecular weight is 455 g/mol. The summed E-state index contributed by atoms with van der Waals surface area (Å²) in [4.78, 5) is 11.1. The lowest BCUT2D eigenvalue weighted by Crippen LogP contribution is -2.20. The summed E-state index contributed by atoms with van der Waals surface area (Å²) in [6, 6.07) is 8.79. The van der Waals surface area contributed by atoms with E-state index in [1.165, 1.54) is 6.08 Å². The maximum atomic E-state index is 11.5. The highest BCUT2D eigenvalue weighted by molar-refractivity contribution is 9.11. The first-order valence-corrected chi connectivity index (χ1v) is 8.53. The Bertz CT molecular complexity index is 896. The van der Waals surface area contributed by atoms with E-state index in [1.807, 2.05) is 6.07 Å². The number of hydrogen-bond donors (Lipinski definition) is 0. The van der Waals surface area contributed by atoms with E-state index >= 15 is 0 Å². The van der Waals surface area contributed by atoms with Crippen LogP contribution in [0.1, 0.15) is 17.2 Å². The maximum absolute atomic E-state index is 11.5. The van der Waals surface area contributed by atoms with Gasteiger partial charge in [-0.2, -0.15) is 0 Å². The van der Waals surface area contributed by atoms with Gasteiger partial charge in [-0.15, -0.1) is 0 Å². The zero-order chi connectivity index (χ0) is 16.8. The van der Waals surface area contributed by atoms with E-state index in [4.69, 9.17) is 14.2 Å². The van der Waals surface area contributed by atoms with E-state index < -0.39 is 11.0 Å². The van der Waals surface area contributed by atoms with E-state index in [-0.39, 0.29) is 12.5 Å². The van der Waals surface area contributed by atoms with Gasteiger partial charge >= 0.3 is 0 Å². The Kier molecular flexibility index (Phi) is 3.73. The number of fused-ring (bicyclic) bond motifs is 2. The molecule has 6 nitrogen and oxygen atoms in total. The number of halogens is 2. The van der Waals surface area contributed by atoms with Crippen LogP contribution in [0.25, 0.3) is 6.08 Å². The fourth-order valence-corrected chi connectivity index (χ4v) is 4.04. The molecule has 122 valence electrons. The van der Waals surface area contributed by atoms with Gasteiger partial charge in [-0.3, -0.25) is 10.1 Å². The van der Waals surface area contributed by atoms with Crippen molar-refractivity contribution in [1.82, 2.24) is 0 Å². The molecular weight excluding hydrogens is 446 g/mol. The van der Waals surface area contributed by atoms with Crippen LogP contribution in [-0.2, 0) is 0 Å². The highest BCUT2D eigenvalue weighted by Gasteiger charge is 2.35. The number of nitro groups is 1. The number of ether oxygens (including phenoxy) is 3. The van der Waals surface area contributed by atoms with E-state index in [9.17, 15) is 10.1 Å². The monoisotopic (exact) mass is 453 g/mol. The summed E-state index contributed by atoms with van der Waals surface area (Å²) in [5, 5.41) is 11.5. The molecule has 24 heavy (non-hydrogen) atoms. The molecular formula is C16H9Br2NO5. The van der Waals surface area contributed by atoms with Crippen LogP contribution in [0, 0.1) is 10.1 Å². The first-order valence-electron chi connectivity index (χ1n) is 6.94. The summed E-state index contributed by atoms with van der Waals surface area (Å²) in [6.45, 7) is 0.144. The van der Waals surface area contributed by atoms with Crippen LogP contribution in [0.15, 0.2) is 45.0 Å². The first kappa shape index (κ1) is 15.5. The Balaban J connectivity index is 1.83. The molecule has 0 N–H and O–H groups in total. The number of rotatable bonds is 2. The van der Waals surface area contributed by atoms with Crippen molar-refractivity contribution in [3.05, 3.63) is 66.2 Å². The lowest BCUT2D eigenvalue weighted by Gasteiger charge is -2.24. The molecule has 0 radical (unpaired) electrons. The van der Waals surface area contributed by atoms with Crippen molar-refractivity contribution in [2.45, 2.75) is 6.10 Å². The van der Waals surface area contributed by atoms with Gasteiger partial charge in [-0.05, 0) is 40.2 Å². The zero-order valence-electron chi connectivity index (χ0n) is 12.0. The summed E-state index contributed by atoms with van der Waals surface area (Å²) >= 11 is 6.82. The molecule has 2 aromatic carbocycles. The first-order chi connectivity index (χ1) is 11.5. The molecule has 2 aliphatic rings. The molecule has 0 aromatic heterocycles. The van der Waals surface area contributed by atoms with Gasteiger partial charge in [0.15, 0.2) is 11.5 Å². The van der Waals surface area contributed by atoms with Crippen LogP contribution in [0.3, 0.4) is 0 Å². The fraction of sp³-hybridized carbons (Fsp3) is 0.125. The van der Waals surface area contributed by atoms with E-state index in [0.717, 1.165) is 8.95 Å². The third kappa shape index (κ3) is 2.55. The second-order valence-electron chi connectivity index (χ2n) is 5.24. The molecule has 0 unspecified atom stereocenters. The van der Waals surface area contributed by atoms with Crippen LogP contribution in [0.5, 0.6) is 17.2 Å². The van der Waals surface area contributed by atoms with Crippen molar-refractivity contribution in [2.24, 2.45) is 0 Å². The standard InChI is InChI=1S/C16H9Br2NO5/c17-10-3-9-4-12(19(20)21)16(24-15(9)11(18)6-10)8-1-2-13-14(5-8)23-7-22-13/h1-6,16H,7H2/t16-/m0/s1. The van der Waals surface area contributed by atoms with Crippen LogP contribution >= 0.6 is 31.9 Å². The molecule has 0 amide bonds. The van der Waals surface area contributed by atoms with Gasteiger partial charge in [0.2, 0.25) is 12.9 Å². The van der Waals surface area contributed by atoms with Crippen LogP contribution in [0.4, 0.5) is 0 Å². The minimum atomic E-state index is -0.834. The van der Waals surface area contributed by atoms with E-state index in [0.29, 0.717) is 28.4 Å². The molecule has 2 aromatic rings. The molecule has 0 spiro atoms. The summed E-state index contributed by atoms with van der Waals surface area (Å²) in [7, 11) is 0. The lowest BCUT2D eigenvalue weighted by molar-refractivity contribution is -0.434. The topological polar surface area (TPSA) is 70.8 Å². The molecule has 8 heteroatoms. The van der Waals surface area contributed by atoms with Gasteiger partial charge in [0.1, 0.15) is 5.75 Å². The van der Waals surface area contributed by atoms with Crippen LogP contribution < -0.4 is 14.2 Å². The van der Waals surface area contributed by atoms with Crippen molar-refractivity contribution in [2.75, 3.05) is 6.79 Å². The number of hydrogen-bond acceptors (Lipinski definition) is 5. The third-order valence-corrected chi connectivity index (χ3v) is 4.80. The highest BCUT2D eigenvalue weighted by atomic mass is 79.9. The predicted molar refractivity (Wildman–Crippen MR) is 92.7 cm³/mol. The van der Waals surface area contributed by atoms with E-state index in [1.54, 1.807) is 24.3 Å². The summed E-state index contributed by atoms with van der Waals surface area (Å²) in [6.07, 6.45) is 0.698. The minimum absolute atomic E-state index is 0.0358. The second kappa shape index (κ2) is 5.78. The summed E-state index contributed by atoms with van der Waals surface area (Å²) in [5.74, 6) is 1.73.